The van der Waals surface area contributed by atoms with Crippen molar-refractivity contribution in [2.45, 2.75) is 136 Å². The number of carboxylic acids is 1. The van der Waals surface area contributed by atoms with Crippen LogP contribution in [0.15, 0.2) is 59.8 Å². The summed E-state index contributed by atoms with van der Waals surface area (Å²) in [6.45, 7) is 11.6. The van der Waals surface area contributed by atoms with Gasteiger partial charge in [0.05, 0.1) is 30.5 Å². The number of aliphatic hydroxyl groups is 5. The van der Waals surface area contributed by atoms with Gasteiger partial charge in [0.1, 0.15) is 0 Å². The molecule has 8 unspecified atom stereocenters. The second-order valence-corrected chi connectivity index (χ2v) is 11.9. The van der Waals surface area contributed by atoms with Crippen molar-refractivity contribution in [2.24, 2.45) is 17.8 Å². The normalized spacial score (nSPS) is 19.2. The number of rotatable bonds is 23. The van der Waals surface area contributed by atoms with Gasteiger partial charge in [0.25, 0.3) is 0 Å². The van der Waals surface area contributed by atoms with E-state index in [2.05, 4.69) is 6.92 Å². The van der Waals surface area contributed by atoms with Crippen molar-refractivity contribution in [1.29, 1.82) is 0 Å². The first-order chi connectivity index (χ1) is 19.8. The van der Waals surface area contributed by atoms with Crippen LogP contribution in [0.1, 0.15) is 106 Å². The van der Waals surface area contributed by atoms with E-state index in [-0.39, 0.29) is 23.9 Å². The van der Waals surface area contributed by atoms with E-state index in [1.165, 1.54) is 6.08 Å². The lowest BCUT2D eigenvalue weighted by Gasteiger charge is -2.23. The average Bonchev–Trinajstić information content (AvgIpc) is 2.97. The molecule has 0 aliphatic carbocycles. The Hall–Kier alpha value is -2.03. The Kier molecular flexibility index (Phi) is 22.3. The van der Waals surface area contributed by atoms with Gasteiger partial charge in [-0.05, 0) is 77.0 Å². The lowest BCUT2D eigenvalue weighted by molar-refractivity contribution is -0.131. The van der Waals surface area contributed by atoms with Crippen LogP contribution in [0.5, 0.6) is 0 Å². The number of aliphatic carboxylic acids is 1. The molecule has 7 nitrogen and oxygen atoms in total. The smallest absolute Gasteiger partial charge is 0.327 e. The minimum atomic E-state index is -1.05. The Labute approximate surface area is 255 Å². The van der Waals surface area contributed by atoms with Crippen LogP contribution < -0.4 is 0 Å². The van der Waals surface area contributed by atoms with Gasteiger partial charge in [-0.1, -0.05) is 94.2 Å². The van der Waals surface area contributed by atoms with Crippen LogP contribution in [0.3, 0.4) is 0 Å². The predicted octanol–water partition coefficient (Wildman–Crippen LogP) is 6.27. The second kappa shape index (κ2) is 23.4. The van der Waals surface area contributed by atoms with Gasteiger partial charge in [-0.25, -0.2) is 4.79 Å². The standard InChI is InChI=1S/C35H60O7/c1-7-9-10-29(34(40)23-14-25(3)11-18-30(36)8-2)17-20-31(37)19-15-27(5)32(38)21-12-26(4)13-22-33(39)28(6)16-24-35(41)42/h11-14,16,22-24,27-34,36-40H,7-10,15,17-21H2,1-6H3,(H,41,42). The van der Waals surface area contributed by atoms with E-state index in [1.54, 1.807) is 19.1 Å². The van der Waals surface area contributed by atoms with Crippen molar-refractivity contribution in [3.63, 3.8) is 0 Å². The summed E-state index contributed by atoms with van der Waals surface area (Å²) in [5, 5.41) is 60.7. The highest BCUT2D eigenvalue weighted by molar-refractivity contribution is 5.79. The molecular weight excluding hydrogens is 532 g/mol. The van der Waals surface area contributed by atoms with Gasteiger partial charge in [0, 0.05) is 12.0 Å². The van der Waals surface area contributed by atoms with Crippen molar-refractivity contribution < 1.29 is 35.4 Å². The highest BCUT2D eigenvalue weighted by Crippen LogP contribution is 2.24. The maximum atomic E-state index is 10.8. The number of carboxylic acid groups (broad SMARTS) is 1. The van der Waals surface area contributed by atoms with Crippen molar-refractivity contribution in [3.8, 4) is 0 Å². The van der Waals surface area contributed by atoms with Gasteiger partial charge in [-0.15, -0.1) is 0 Å². The molecule has 0 rings (SSSR count). The molecule has 42 heavy (non-hydrogen) atoms. The third-order valence-electron chi connectivity index (χ3n) is 7.95. The zero-order chi connectivity index (χ0) is 32.1. The van der Waals surface area contributed by atoms with E-state index < -0.39 is 30.4 Å². The molecule has 0 aliphatic heterocycles. The molecule has 0 radical (unpaired) electrons. The summed E-state index contributed by atoms with van der Waals surface area (Å²) in [7, 11) is 0. The highest BCUT2D eigenvalue weighted by Gasteiger charge is 2.20. The molecule has 6 N–H and O–H groups in total. The third kappa shape index (κ3) is 20.0. The summed E-state index contributed by atoms with van der Waals surface area (Å²) in [6.07, 6.45) is 18.1. The average molecular weight is 593 g/mol. The second-order valence-electron chi connectivity index (χ2n) is 11.9. The summed E-state index contributed by atoms with van der Waals surface area (Å²) in [4.78, 5) is 10.6. The van der Waals surface area contributed by atoms with Gasteiger partial charge < -0.3 is 30.6 Å². The molecule has 7 heteroatoms. The fraction of sp³-hybridized carbons (Fsp3) is 0.686. The fourth-order valence-corrected chi connectivity index (χ4v) is 4.50. The Morgan fingerprint density at radius 3 is 1.83 bits per heavy atom. The van der Waals surface area contributed by atoms with Gasteiger partial charge in [-0.2, -0.15) is 0 Å². The summed E-state index contributed by atoms with van der Waals surface area (Å²) in [5.41, 5.74) is 1.91. The largest absolute Gasteiger partial charge is 0.478 e. The molecule has 0 aliphatic rings. The first kappa shape index (κ1) is 40.0. The van der Waals surface area contributed by atoms with Crippen molar-refractivity contribution in [2.75, 3.05) is 0 Å². The highest BCUT2D eigenvalue weighted by atomic mass is 16.4. The zero-order valence-corrected chi connectivity index (χ0v) is 26.9. The Balaban J connectivity index is 4.74. The van der Waals surface area contributed by atoms with Crippen LogP contribution in [-0.2, 0) is 4.79 Å². The summed E-state index contributed by atoms with van der Waals surface area (Å²) in [5.74, 6) is -1.30. The van der Waals surface area contributed by atoms with Gasteiger partial charge >= 0.3 is 5.97 Å². The van der Waals surface area contributed by atoms with Crippen molar-refractivity contribution in [3.05, 3.63) is 59.8 Å². The molecule has 0 aromatic rings. The number of unbranched alkanes of at least 4 members (excludes halogenated alkanes) is 1. The topological polar surface area (TPSA) is 138 Å². The molecule has 0 saturated carbocycles. The summed E-state index contributed by atoms with van der Waals surface area (Å²) < 4.78 is 0. The van der Waals surface area contributed by atoms with Crippen LogP contribution in [0, 0.1) is 17.8 Å². The number of aliphatic hydroxyl groups excluding tert-OH is 5. The molecule has 0 spiro atoms. The maximum Gasteiger partial charge on any atom is 0.327 e. The first-order valence-electron chi connectivity index (χ1n) is 15.8. The maximum absolute atomic E-state index is 10.8. The molecule has 0 amide bonds. The van der Waals surface area contributed by atoms with Gasteiger partial charge in [0.15, 0.2) is 0 Å². The Bertz CT molecular complexity index is 873. The lowest BCUT2D eigenvalue weighted by atomic mass is 9.88. The minimum Gasteiger partial charge on any atom is -0.478 e. The molecule has 8 atom stereocenters. The zero-order valence-electron chi connectivity index (χ0n) is 26.9. The quantitative estimate of drug-likeness (QED) is 0.0608. The van der Waals surface area contributed by atoms with Crippen LogP contribution in [-0.4, -0.2) is 67.1 Å². The molecule has 242 valence electrons. The van der Waals surface area contributed by atoms with Crippen LogP contribution in [0.2, 0.25) is 0 Å². The molecule has 0 fully saturated rings. The lowest BCUT2D eigenvalue weighted by Crippen LogP contribution is -2.22. The molecule has 0 saturated heterocycles. The Morgan fingerprint density at radius 2 is 1.26 bits per heavy atom. The monoisotopic (exact) mass is 592 g/mol. The molecule has 0 heterocycles. The van der Waals surface area contributed by atoms with E-state index in [0.717, 1.165) is 42.9 Å². The van der Waals surface area contributed by atoms with E-state index in [9.17, 15) is 30.3 Å². The van der Waals surface area contributed by atoms with E-state index >= 15 is 0 Å². The summed E-state index contributed by atoms with van der Waals surface area (Å²) in [6, 6.07) is 0. The van der Waals surface area contributed by atoms with Crippen LogP contribution in [0.25, 0.3) is 0 Å². The van der Waals surface area contributed by atoms with Gasteiger partial charge in [0.2, 0.25) is 0 Å². The van der Waals surface area contributed by atoms with Crippen molar-refractivity contribution >= 4 is 5.97 Å². The van der Waals surface area contributed by atoms with Gasteiger partial charge in [-0.3, -0.25) is 0 Å². The third-order valence-corrected chi connectivity index (χ3v) is 7.95. The number of carbonyl (C=O) groups is 1. The van der Waals surface area contributed by atoms with E-state index in [0.29, 0.717) is 38.5 Å². The van der Waals surface area contributed by atoms with Crippen LogP contribution >= 0.6 is 0 Å². The van der Waals surface area contributed by atoms with Crippen LogP contribution in [0.4, 0.5) is 0 Å². The molecule has 0 aromatic carbocycles. The molecular formula is C35H60O7. The van der Waals surface area contributed by atoms with E-state index in [4.69, 9.17) is 5.11 Å². The minimum absolute atomic E-state index is 0.00449. The number of hydrogen-bond donors (Lipinski definition) is 6. The van der Waals surface area contributed by atoms with Crippen molar-refractivity contribution in [1.82, 2.24) is 0 Å². The fourth-order valence-electron chi connectivity index (χ4n) is 4.50. The molecule has 0 aromatic heterocycles. The Morgan fingerprint density at radius 1 is 0.690 bits per heavy atom. The number of hydrogen-bond acceptors (Lipinski definition) is 6. The molecule has 0 bridgehead atoms. The number of allylic oxidation sites excluding steroid dienone is 4. The first-order valence-corrected chi connectivity index (χ1v) is 15.8. The summed E-state index contributed by atoms with van der Waals surface area (Å²) >= 11 is 0. The predicted molar refractivity (Wildman–Crippen MR) is 172 cm³/mol. The van der Waals surface area contributed by atoms with E-state index in [1.807, 2.05) is 52.0 Å². The SMILES string of the molecule is CCCCC(CCC(O)CCC(C)C(O)CC=C(C)C=CC(O)C(C)C=CC(=O)O)C(O)C=CC(C)=CCC(O)CC.